The molecule has 0 atom stereocenters. The van der Waals surface area contributed by atoms with Crippen LogP contribution in [-0.2, 0) is 9.53 Å². The number of nitrogens with zero attached hydrogens (tertiary/aromatic N) is 1. The average Bonchev–Trinajstić information content (AvgIpc) is 3.35. The number of carbonyl (C=O) groups is 2. The Hall–Kier alpha value is -4.18. The molecule has 0 unspecified atom stereocenters. The Morgan fingerprint density at radius 2 is 1.70 bits per heavy atom. The van der Waals surface area contributed by atoms with Crippen LogP contribution in [0.3, 0.4) is 0 Å². The van der Waals surface area contributed by atoms with Gasteiger partial charge in [-0.25, -0.2) is 0 Å². The van der Waals surface area contributed by atoms with Crippen molar-refractivity contribution >= 4 is 33.1 Å². The fraction of sp³-hybridized carbons (Fsp3) is 0.226. The first-order valence-corrected chi connectivity index (χ1v) is 13.9. The van der Waals surface area contributed by atoms with Crippen LogP contribution >= 0.6 is 11.3 Å². The van der Waals surface area contributed by atoms with E-state index in [1.165, 1.54) is 11.3 Å². The van der Waals surface area contributed by atoms with Gasteiger partial charge in [-0.05, 0) is 72.3 Å². The Morgan fingerprint density at radius 3 is 2.45 bits per heavy atom. The van der Waals surface area contributed by atoms with Gasteiger partial charge in [-0.2, -0.15) is 0 Å². The number of nitrogens with one attached hydrogen (secondary N) is 1. The molecule has 3 N–H and O–H groups in total. The van der Waals surface area contributed by atoms with Gasteiger partial charge in [0.25, 0.3) is 0 Å². The van der Waals surface area contributed by atoms with E-state index in [1.54, 1.807) is 83.8 Å². The van der Waals surface area contributed by atoms with Crippen LogP contribution in [-0.4, -0.2) is 72.8 Å². The summed E-state index contributed by atoms with van der Waals surface area (Å²) in [5, 5.41) is 23.7. The first kappa shape index (κ1) is 27.4. The molecule has 3 aromatic carbocycles. The first-order chi connectivity index (χ1) is 19.5. The number of rotatable bonds is 10. The molecule has 0 spiro atoms. The van der Waals surface area contributed by atoms with Crippen molar-refractivity contribution in [1.82, 2.24) is 10.2 Å². The minimum absolute atomic E-state index is 0.000213. The van der Waals surface area contributed by atoms with Crippen molar-refractivity contribution < 1.29 is 29.3 Å². The highest BCUT2D eigenvalue weighted by molar-refractivity contribution is 7.22. The Bertz CT molecular complexity index is 1510. The van der Waals surface area contributed by atoms with Crippen LogP contribution in [0.4, 0.5) is 0 Å². The molecule has 1 amide bonds. The van der Waals surface area contributed by atoms with Crippen LogP contribution in [0.5, 0.6) is 17.2 Å². The number of benzene rings is 3. The fourth-order valence-corrected chi connectivity index (χ4v) is 5.69. The van der Waals surface area contributed by atoms with Gasteiger partial charge in [-0.1, -0.05) is 6.08 Å². The van der Waals surface area contributed by atoms with E-state index in [0.717, 1.165) is 20.5 Å². The van der Waals surface area contributed by atoms with Crippen LogP contribution < -0.4 is 10.1 Å². The Kier molecular flexibility index (Phi) is 8.75. The summed E-state index contributed by atoms with van der Waals surface area (Å²) in [6.45, 7) is 4.01. The number of aromatic hydroxyl groups is 2. The van der Waals surface area contributed by atoms with E-state index in [2.05, 4.69) is 5.32 Å². The van der Waals surface area contributed by atoms with E-state index >= 15 is 0 Å². The van der Waals surface area contributed by atoms with Crippen molar-refractivity contribution in [2.45, 2.75) is 0 Å². The summed E-state index contributed by atoms with van der Waals surface area (Å²) >= 11 is 1.43. The molecule has 40 heavy (non-hydrogen) atoms. The molecule has 4 aromatic rings. The number of phenolic OH excluding ortho intramolecular Hbond substituents is 2. The Labute approximate surface area is 236 Å². The second-order valence-corrected chi connectivity index (χ2v) is 10.3. The van der Waals surface area contributed by atoms with Crippen molar-refractivity contribution in [3.8, 4) is 27.7 Å². The second kappa shape index (κ2) is 12.8. The number of phenols is 2. The van der Waals surface area contributed by atoms with E-state index in [0.29, 0.717) is 62.9 Å². The lowest BCUT2D eigenvalue weighted by molar-refractivity contribution is -0.129. The highest BCUT2D eigenvalue weighted by atomic mass is 32.1. The van der Waals surface area contributed by atoms with Gasteiger partial charge in [0.05, 0.1) is 13.2 Å². The Balaban J connectivity index is 1.19. The molecule has 1 aromatic heterocycles. The topological polar surface area (TPSA) is 108 Å². The van der Waals surface area contributed by atoms with Gasteiger partial charge in [-0.3, -0.25) is 9.59 Å². The van der Waals surface area contributed by atoms with Crippen molar-refractivity contribution in [3.63, 3.8) is 0 Å². The largest absolute Gasteiger partial charge is 0.508 e. The summed E-state index contributed by atoms with van der Waals surface area (Å²) in [5.41, 5.74) is 1.90. The molecular formula is C31H30N2O6S. The summed E-state index contributed by atoms with van der Waals surface area (Å²) < 4.78 is 11.9. The van der Waals surface area contributed by atoms with Crippen molar-refractivity contribution in [2.24, 2.45) is 0 Å². The maximum absolute atomic E-state index is 13.7. The molecule has 1 aliphatic heterocycles. The number of hydrogen-bond donors (Lipinski definition) is 3. The number of fused-ring (bicyclic) bond motifs is 1. The quantitative estimate of drug-likeness (QED) is 0.148. The van der Waals surface area contributed by atoms with Gasteiger partial charge in [0.1, 0.15) is 23.9 Å². The molecule has 5 rings (SSSR count). The molecule has 206 valence electrons. The number of ketones is 1. The first-order valence-electron chi connectivity index (χ1n) is 13.1. The lowest BCUT2D eigenvalue weighted by Crippen LogP contribution is -2.39. The predicted molar refractivity (Wildman–Crippen MR) is 155 cm³/mol. The molecule has 1 fully saturated rings. The maximum Gasteiger partial charge on any atom is 0.246 e. The number of ether oxygens (including phenoxy) is 2. The molecule has 0 bridgehead atoms. The van der Waals surface area contributed by atoms with Gasteiger partial charge in [0.15, 0.2) is 5.78 Å². The number of carbonyl (C=O) groups excluding carboxylic acids is 2. The van der Waals surface area contributed by atoms with Gasteiger partial charge < -0.3 is 29.9 Å². The molecule has 8 nitrogen and oxygen atoms in total. The Morgan fingerprint density at radius 1 is 0.975 bits per heavy atom. The van der Waals surface area contributed by atoms with Crippen molar-refractivity contribution in [3.05, 3.63) is 90.0 Å². The number of morpholine rings is 1. The fourth-order valence-electron chi connectivity index (χ4n) is 4.45. The minimum atomic E-state index is -0.133. The zero-order chi connectivity index (χ0) is 27.9. The zero-order valence-electron chi connectivity index (χ0n) is 21.8. The molecule has 2 heterocycles. The lowest BCUT2D eigenvalue weighted by atomic mass is 9.97. The predicted octanol–water partition coefficient (Wildman–Crippen LogP) is 4.59. The third kappa shape index (κ3) is 6.51. The summed E-state index contributed by atoms with van der Waals surface area (Å²) in [6, 6.07) is 18.8. The van der Waals surface area contributed by atoms with Crippen molar-refractivity contribution in [1.29, 1.82) is 0 Å². The van der Waals surface area contributed by atoms with E-state index in [1.807, 2.05) is 0 Å². The van der Waals surface area contributed by atoms with E-state index in [-0.39, 0.29) is 23.2 Å². The normalized spacial score (nSPS) is 13.7. The van der Waals surface area contributed by atoms with Crippen LogP contribution in [0.15, 0.2) is 78.9 Å². The van der Waals surface area contributed by atoms with Gasteiger partial charge in [0, 0.05) is 58.3 Å². The summed E-state index contributed by atoms with van der Waals surface area (Å²) in [7, 11) is 0. The number of amides is 1. The molecule has 0 radical (unpaired) electrons. The SMILES string of the molecule is O=C(c1ccc(OCCNC/C=C/C(=O)N2CCOCC2)cc1)c1c(-c2ccc(O)cc2)sc2cc(O)ccc12. The summed E-state index contributed by atoms with van der Waals surface area (Å²) in [5.74, 6) is 0.802. The third-order valence-electron chi connectivity index (χ3n) is 6.54. The maximum atomic E-state index is 13.7. The van der Waals surface area contributed by atoms with Crippen LogP contribution in [0.1, 0.15) is 15.9 Å². The van der Waals surface area contributed by atoms with Gasteiger partial charge >= 0.3 is 0 Å². The number of thiophene rings is 1. The standard InChI is InChI=1S/C31H30N2O6S/c34-23-7-3-22(4-8-23)31-29(26-12-9-24(35)20-27(26)40-31)30(37)21-5-10-25(11-6-21)39-17-14-32-13-1-2-28(36)33-15-18-38-19-16-33/h1-12,20,32,34-35H,13-19H2/b2-1+. The highest BCUT2D eigenvalue weighted by Gasteiger charge is 2.22. The third-order valence-corrected chi connectivity index (χ3v) is 7.74. The van der Waals surface area contributed by atoms with Gasteiger partial charge in [-0.15, -0.1) is 11.3 Å². The monoisotopic (exact) mass is 558 g/mol. The van der Waals surface area contributed by atoms with E-state index in [4.69, 9.17) is 9.47 Å². The smallest absolute Gasteiger partial charge is 0.246 e. The molecule has 0 saturated carbocycles. The van der Waals surface area contributed by atoms with Gasteiger partial charge in [0.2, 0.25) is 5.91 Å². The average molecular weight is 559 g/mol. The van der Waals surface area contributed by atoms with Crippen molar-refractivity contribution in [2.75, 3.05) is 46.0 Å². The summed E-state index contributed by atoms with van der Waals surface area (Å²) in [6.07, 6.45) is 3.39. The van der Waals surface area contributed by atoms with Crippen LogP contribution in [0.25, 0.3) is 20.5 Å². The zero-order valence-corrected chi connectivity index (χ0v) is 22.7. The van der Waals surface area contributed by atoms with E-state index in [9.17, 15) is 19.8 Å². The van der Waals surface area contributed by atoms with E-state index < -0.39 is 0 Å². The summed E-state index contributed by atoms with van der Waals surface area (Å²) in [4.78, 5) is 28.3. The highest BCUT2D eigenvalue weighted by Crippen LogP contribution is 2.41. The molecule has 1 saturated heterocycles. The molecule has 0 aliphatic carbocycles. The molecule has 9 heteroatoms. The van der Waals surface area contributed by atoms with Crippen LogP contribution in [0, 0.1) is 0 Å². The lowest BCUT2D eigenvalue weighted by Gasteiger charge is -2.25. The van der Waals surface area contributed by atoms with Crippen LogP contribution in [0.2, 0.25) is 0 Å². The second-order valence-electron chi connectivity index (χ2n) is 9.28. The molecule has 1 aliphatic rings. The molecular weight excluding hydrogens is 528 g/mol. The minimum Gasteiger partial charge on any atom is -0.508 e. The number of hydrogen-bond acceptors (Lipinski definition) is 8.